The minimum absolute atomic E-state index is 0.00129. The highest BCUT2D eigenvalue weighted by atomic mass is 32.2. The van der Waals surface area contributed by atoms with E-state index in [0.29, 0.717) is 37.7 Å². The highest BCUT2D eigenvalue weighted by Crippen LogP contribution is 2.31. The molecule has 0 spiro atoms. The van der Waals surface area contributed by atoms with Crippen LogP contribution in [-0.2, 0) is 19.6 Å². The number of carbonyl (C=O) groups is 2. The summed E-state index contributed by atoms with van der Waals surface area (Å²) >= 11 is 0. The number of para-hydroxylation sites is 2. The fourth-order valence-corrected chi connectivity index (χ4v) is 5.26. The molecule has 1 N–H and O–H groups in total. The maximum Gasteiger partial charge on any atom is 0.267 e. The molecule has 2 amide bonds. The van der Waals surface area contributed by atoms with Crippen molar-refractivity contribution in [2.75, 3.05) is 39.3 Å². The molecule has 0 bridgehead atoms. The number of amides is 2. The highest BCUT2D eigenvalue weighted by Gasteiger charge is 2.33. The van der Waals surface area contributed by atoms with Gasteiger partial charge in [0.1, 0.15) is 17.2 Å². The standard InChI is InChI=1S/C21H26N4O7S/c1-14-20(15(2)32-23-14)33(28,29)22-8-7-19(26)24-9-11-25(12-10-24)21(27)18-13-30-16-5-3-4-6-17(16)31-18/h3-6,18,22H,7-13H2,1-2H3/t18-/m0/s1. The first kappa shape index (κ1) is 23.1. The topological polar surface area (TPSA) is 131 Å². The molecule has 3 heterocycles. The van der Waals surface area contributed by atoms with Gasteiger partial charge in [0, 0.05) is 39.1 Å². The first-order valence-corrected chi connectivity index (χ1v) is 12.1. The van der Waals surface area contributed by atoms with Crippen molar-refractivity contribution >= 4 is 21.8 Å². The lowest BCUT2D eigenvalue weighted by Gasteiger charge is -2.37. The third kappa shape index (κ3) is 4.96. The number of ether oxygens (including phenoxy) is 2. The van der Waals surface area contributed by atoms with Gasteiger partial charge in [-0.3, -0.25) is 9.59 Å². The predicted molar refractivity (Wildman–Crippen MR) is 115 cm³/mol. The molecule has 1 atom stereocenters. The monoisotopic (exact) mass is 478 g/mol. The van der Waals surface area contributed by atoms with Crippen molar-refractivity contribution in [2.24, 2.45) is 0 Å². The van der Waals surface area contributed by atoms with Crippen molar-refractivity contribution in [3.8, 4) is 11.5 Å². The Hall–Kier alpha value is -3.12. The van der Waals surface area contributed by atoms with Crippen molar-refractivity contribution < 1.29 is 32.0 Å². The molecule has 178 valence electrons. The molecule has 11 nitrogen and oxygen atoms in total. The maximum absolute atomic E-state index is 12.8. The number of carbonyl (C=O) groups excluding carboxylic acids is 2. The normalized spacial score (nSPS) is 18.3. The van der Waals surface area contributed by atoms with E-state index in [1.165, 1.54) is 6.92 Å². The van der Waals surface area contributed by atoms with Crippen LogP contribution in [0.5, 0.6) is 11.5 Å². The van der Waals surface area contributed by atoms with E-state index in [2.05, 4.69) is 9.88 Å². The van der Waals surface area contributed by atoms with Gasteiger partial charge in [0.2, 0.25) is 22.0 Å². The molecule has 12 heteroatoms. The number of benzene rings is 1. The second kappa shape index (κ2) is 9.40. The average molecular weight is 479 g/mol. The summed E-state index contributed by atoms with van der Waals surface area (Å²) in [5, 5.41) is 3.65. The van der Waals surface area contributed by atoms with E-state index in [1.54, 1.807) is 28.9 Å². The van der Waals surface area contributed by atoms with Gasteiger partial charge in [-0.15, -0.1) is 0 Å². The van der Waals surface area contributed by atoms with Crippen molar-refractivity contribution in [1.82, 2.24) is 19.7 Å². The molecule has 0 aliphatic carbocycles. The Kier molecular flexibility index (Phi) is 6.56. The fourth-order valence-electron chi connectivity index (χ4n) is 3.90. The number of rotatable bonds is 6. The highest BCUT2D eigenvalue weighted by molar-refractivity contribution is 7.89. The van der Waals surface area contributed by atoms with E-state index in [4.69, 9.17) is 14.0 Å². The van der Waals surface area contributed by atoms with Crippen LogP contribution in [0, 0.1) is 13.8 Å². The summed E-state index contributed by atoms with van der Waals surface area (Å²) in [6, 6.07) is 7.19. The van der Waals surface area contributed by atoms with Crippen LogP contribution in [-0.4, -0.2) is 80.6 Å². The number of sulfonamides is 1. The number of piperazine rings is 1. The number of aromatic nitrogens is 1. The van der Waals surface area contributed by atoms with Crippen molar-refractivity contribution in [3.63, 3.8) is 0 Å². The lowest BCUT2D eigenvalue weighted by atomic mass is 10.2. The fraction of sp³-hybridized carbons (Fsp3) is 0.476. The summed E-state index contributed by atoms with van der Waals surface area (Å²) < 4.78 is 43.6. The second-order valence-electron chi connectivity index (χ2n) is 7.87. The first-order valence-electron chi connectivity index (χ1n) is 10.6. The average Bonchev–Trinajstić information content (AvgIpc) is 3.16. The molecule has 33 heavy (non-hydrogen) atoms. The quantitative estimate of drug-likeness (QED) is 0.634. The summed E-state index contributed by atoms with van der Waals surface area (Å²) in [5.74, 6) is 0.985. The zero-order chi connectivity index (χ0) is 23.6. The van der Waals surface area contributed by atoms with Gasteiger partial charge in [-0.2, -0.15) is 0 Å². The third-order valence-corrected chi connectivity index (χ3v) is 7.30. The molecule has 2 aliphatic rings. The molecule has 1 aromatic heterocycles. The van der Waals surface area contributed by atoms with Crippen LogP contribution in [0.25, 0.3) is 0 Å². The second-order valence-corrected chi connectivity index (χ2v) is 9.58. The van der Waals surface area contributed by atoms with Crippen LogP contribution < -0.4 is 14.2 Å². The van der Waals surface area contributed by atoms with Crippen LogP contribution in [0.4, 0.5) is 0 Å². The lowest BCUT2D eigenvalue weighted by Crippen LogP contribution is -2.55. The molecule has 2 aliphatic heterocycles. The molecule has 1 aromatic carbocycles. The van der Waals surface area contributed by atoms with E-state index >= 15 is 0 Å². The van der Waals surface area contributed by atoms with Crippen LogP contribution in [0.15, 0.2) is 33.7 Å². The Morgan fingerprint density at radius 1 is 1.09 bits per heavy atom. The number of nitrogens with zero attached hydrogens (tertiary/aromatic N) is 3. The van der Waals surface area contributed by atoms with E-state index < -0.39 is 16.1 Å². The summed E-state index contributed by atoms with van der Waals surface area (Å²) in [4.78, 5) is 28.6. The molecule has 0 unspecified atom stereocenters. The Morgan fingerprint density at radius 3 is 2.42 bits per heavy atom. The number of hydrogen-bond acceptors (Lipinski definition) is 8. The van der Waals surface area contributed by atoms with Crippen molar-refractivity contribution in [3.05, 3.63) is 35.7 Å². The SMILES string of the molecule is Cc1noc(C)c1S(=O)(=O)NCCC(=O)N1CCN(C(=O)[C@@H]2COc3ccccc3O2)CC1. The zero-order valence-corrected chi connectivity index (χ0v) is 19.3. The largest absolute Gasteiger partial charge is 0.485 e. The van der Waals surface area contributed by atoms with Gasteiger partial charge in [0.05, 0.1) is 0 Å². The van der Waals surface area contributed by atoms with Gasteiger partial charge in [-0.25, -0.2) is 13.1 Å². The van der Waals surface area contributed by atoms with Crippen molar-refractivity contribution in [2.45, 2.75) is 31.3 Å². The predicted octanol–water partition coefficient (Wildman–Crippen LogP) is 0.471. The summed E-state index contributed by atoms with van der Waals surface area (Å²) in [5.41, 5.74) is 0.267. The van der Waals surface area contributed by atoms with Gasteiger partial charge in [-0.1, -0.05) is 17.3 Å². The van der Waals surface area contributed by atoms with Crippen LogP contribution in [0.2, 0.25) is 0 Å². The van der Waals surface area contributed by atoms with Gasteiger partial charge < -0.3 is 23.8 Å². The molecule has 0 saturated carbocycles. The summed E-state index contributed by atoms with van der Waals surface area (Å²) in [6.07, 6.45) is -0.715. The zero-order valence-electron chi connectivity index (χ0n) is 18.4. The molecular formula is C21H26N4O7S. The summed E-state index contributed by atoms with van der Waals surface area (Å²) in [7, 11) is -3.81. The summed E-state index contributed by atoms with van der Waals surface area (Å²) in [6.45, 7) is 4.63. The van der Waals surface area contributed by atoms with E-state index in [0.717, 1.165) is 0 Å². The maximum atomic E-state index is 12.8. The van der Waals surface area contributed by atoms with E-state index in [-0.39, 0.29) is 47.7 Å². The van der Waals surface area contributed by atoms with Crippen LogP contribution in [0.1, 0.15) is 17.9 Å². The number of aryl methyl sites for hydroxylation is 2. The van der Waals surface area contributed by atoms with E-state index in [1.807, 2.05) is 12.1 Å². The molecule has 2 aromatic rings. The van der Waals surface area contributed by atoms with Gasteiger partial charge in [-0.05, 0) is 26.0 Å². The van der Waals surface area contributed by atoms with Gasteiger partial charge in [0.25, 0.3) is 5.91 Å². The van der Waals surface area contributed by atoms with Gasteiger partial charge in [0.15, 0.2) is 17.3 Å². The van der Waals surface area contributed by atoms with E-state index in [9.17, 15) is 18.0 Å². The molecular weight excluding hydrogens is 452 g/mol. The Morgan fingerprint density at radius 2 is 1.76 bits per heavy atom. The van der Waals surface area contributed by atoms with Crippen LogP contribution in [0.3, 0.4) is 0 Å². The molecule has 4 rings (SSSR count). The number of nitrogens with one attached hydrogen (secondary N) is 1. The lowest BCUT2D eigenvalue weighted by molar-refractivity contribution is -0.146. The number of hydrogen-bond donors (Lipinski definition) is 1. The Balaban J connectivity index is 1.23. The minimum Gasteiger partial charge on any atom is -0.485 e. The molecule has 1 saturated heterocycles. The Bertz CT molecular complexity index is 1120. The molecule has 0 radical (unpaired) electrons. The number of fused-ring (bicyclic) bond motifs is 1. The smallest absolute Gasteiger partial charge is 0.267 e. The molecule has 1 fully saturated rings. The minimum atomic E-state index is -3.81. The first-order chi connectivity index (χ1) is 15.8. The van der Waals surface area contributed by atoms with Crippen molar-refractivity contribution in [1.29, 1.82) is 0 Å². The third-order valence-electron chi connectivity index (χ3n) is 5.60. The van der Waals surface area contributed by atoms with Gasteiger partial charge >= 0.3 is 0 Å². The Labute approximate surface area is 191 Å². The van der Waals surface area contributed by atoms with Crippen LogP contribution >= 0.6 is 0 Å².